The van der Waals surface area contributed by atoms with Gasteiger partial charge in [0.15, 0.2) is 0 Å². The lowest BCUT2D eigenvalue weighted by atomic mass is 10.1. The van der Waals surface area contributed by atoms with Crippen LogP contribution in [0.5, 0.6) is 0 Å². The van der Waals surface area contributed by atoms with Crippen LogP contribution in [0.1, 0.15) is 26.5 Å². The summed E-state index contributed by atoms with van der Waals surface area (Å²) in [4.78, 5) is 8.89. The number of nitrogens with two attached hydrogens (primary N) is 1. The third kappa shape index (κ3) is 1.87. The van der Waals surface area contributed by atoms with Gasteiger partial charge in [0, 0.05) is 11.7 Å². The second-order valence-electron chi connectivity index (χ2n) is 5.81. The number of imidazole rings is 1. The molecule has 2 N–H and O–H groups in total. The molecule has 3 aromatic rings. The molecule has 20 heavy (non-hydrogen) atoms. The van der Waals surface area contributed by atoms with Crippen molar-refractivity contribution in [3.8, 4) is 11.4 Å². The third-order valence-corrected chi connectivity index (χ3v) is 4.01. The molecule has 0 aliphatic carbocycles. The summed E-state index contributed by atoms with van der Waals surface area (Å²) in [6.07, 6.45) is 3.57. The van der Waals surface area contributed by atoms with Gasteiger partial charge < -0.3 is 10.3 Å². The van der Waals surface area contributed by atoms with Gasteiger partial charge in [0.25, 0.3) is 0 Å². The molecule has 0 atom stereocenters. The fourth-order valence-electron chi connectivity index (χ4n) is 2.44. The number of anilines is 1. The summed E-state index contributed by atoms with van der Waals surface area (Å²) in [6.45, 7) is 8.43. The van der Waals surface area contributed by atoms with Gasteiger partial charge >= 0.3 is 0 Å². The van der Waals surface area contributed by atoms with Crippen molar-refractivity contribution in [1.29, 1.82) is 0 Å². The molecule has 0 saturated carbocycles. The number of fused-ring (bicyclic) bond motifs is 1. The normalized spacial score (nSPS) is 12.2. The van der Waals surface area contributed by atoms with E-state index in [0.29, 0.717) is 5.00 Å². The minimum Gasteiger partial charge on any atom is -0.389 e. The lowest BCUT2D eigenvalue weighted by Gasteiger charge is -2.24. The van der Waals surface area contributed by atoms with E-state index >= 15 is 0 Å². The summed E-state index contributed by atoms with van der Waals surface area (Å²) >= 11 is 1.31. The molecule has 3 heterocycles. The van der Waals surface area contributed by atoms with Crippen molar-refractivity contribution in [2.24, 2.45) is 0 Å². The van der Waals surface area contributed by atoms with Crippen molar-refractivity contribution in [2.75, 3.05) is 5.73 Å². The number of rotatable bonds is 1. The Morgan fingerprint density at radius 3 is 2.65 bits per heavy atom. The first-order chi connectivity index (χ1) is 9.39. The van der Waals surface area contributed by atoms with Crippen molar-refractivity contribution < 1.29 is 0 Å². The monoisotopic (exact) mass is 287 g/mol. The molecule has 0 aliphatic rings. The first-order valence-electron chi connectivity index (χ1n) is 6.44. The molecular formula is C14H17N5S. The van der Waals surface area contributed by atoms with Crippen LogP contribution in [0.15, 0.2) is 18.5 Å². The van der Waals surface area contributed by atoms with E-state index in [1.54, 1.807) is 12.4 Å². The second kappa shape index (κ2) is 4.28. The Hall–Kier alpha value is -1.95. The average Bonchev–Trinajstić information content (AvgIpc) is 2.88. The summed E-state index contributed by atoms with van der Waals surface area (Å²) in [7, 11) is 0. The Morgan fingerprint density at radius 1 is 1.30 bits per heavy atom. The number of hydrogen-bond acceptors (Lipinski definition) is 5. The highest BCUT2D eigenvalue weighted by Gasteiger charge is 2.25. The van der Waals surface area contributed by atoms with Gasteiger partial charge in [0.05, 0.1) is 23.0 Å². The maximum atomic E-state index is 6.09. The van der Waals surface area contributed by atoms with Crippen molar-refractivity contribution >= 4 is 27.6 Å². The molecule has 6 heteroatoms. The van der Waals surface area contributed by atoms with Crippen LogP contribution in [0.25, 0.3) is 22.4 Å². The highest BCUT2D eigenvalue weighted by atomic mass is 32.1. The van der Waals surface area contributed by atoms with Gasteiger partial charge in [-0.3, -0.25) is 4.98 Å². The molecule has 0 saturated heterocycles. The lowest BCUT2D eigenvalue weighted by Crippen LogP contribution is -2.22. The largest absolute Gasteiger partial charge is 0.389 e. The molecule has 0 unspecified atom stereocenters. The molecule has 3 rings (SSSR count). The zero-order valence-corrected chi connectivity index (χ0v) is 12.8. The molecule has 0 amide bonds. The van der Waals surface area contributed by atoms with Gasteiger partial charge in [0.1, 0.15) is 16.3 Å². The van der Waals surface area contributed by atoms with Gasteiger partial charge in [0.2, 0.25) is 0 Å². The number of nitrogens with zero attached hydrogens (tertiary/aromatic N) is 4. The predicted octanol–water partition coefficient (Wildman–Crippen LogP) is 3.20. The van der Waals surface area contributed by atoms with E-state index in [-0.39, 0.29) is 5.54 Å². The van der Waals surface area contributed by atoms with E-state index < -0.39 is 0 Å². The molecule has 0 aromatic carbocycles. The third-order valence-electron chi connectivity index (χ3n) is 3.24. The molecule has 0 spiro atoms. The zero-order chi connectivity index (χ0) is 14.5. The summed E-state index contributed by atoms with van der Waals surface area (Å²) in [5, 5.41) is 0.705. The summed E-state index contributed by atoms with van der Waals surface area (Å²) < 4.78 is 6.54. The van der Waals surface area contributed by atoms with E-state index in [4.69, 9.17) is 10.7 Å². The van der Waals surface area contributed by atoms with Gasteiger partial charge in [-0.25, -0.2) is 4.98 Å². The van der Waals surface area contributed by atoms with Gasteiger partial charge in [-0.2, -0.15) is 4.37 Å². The SMILES string of the molecule is Cc1nsc(N)c1-c1nc2cnccc2n1C(C)(C)C. The smallest absolute Gasteiger partial charge is 0.146 e. The Kier molecular flexibility index (Phi) is 2.79. The minimum atomic E-state index is -0.105. The van der Waals surface area contributed by atoms with E-state index in [1.807, 2.05) is 13.0 Å². The van der Waals surface area contributed by atoms with E-state index in [1.165, 1.54) is 11.5 Å². The van der Waals surface area contributed by atoms with E-state index in [0.717, 1.165) is 28.1 Å². The average molecular weight is 287 g/mol. The highest BCUT2D eigenvalue weighted by Crippen LogP contribution is 2.36. The second-order valence-corrected chi connectivity index (χ2v) is 6.62. The molecule has 0 aliphatic heterocycles. The maximum absolute atomic E-state index is 6.09. The van der Waals surface area contributed by atoms with Crippen LogP contribution in [0.3, 0.4) is 0 Å². The molecule has 0 bridgehead atoms. The fourth-order valence-corrected chi connectivity index (χ4v) is 3.10. The first kappa shape index (κ1) is 13.1. The van der Waals surface area contributed by atoms with Gasteiger partial charge in [-0.15, -0.1) is 0 Å². The van der Waals surface area contributed by atoms with E-state index in [9.17, 15) is 0 Å². The first-order valence-corrected chi connectivity index (χ1v) is 7.22. The summed E-state index contributed by atoms with van der Waals surface area (Å²) in [5.74, 6) is 0.865. The lowest BCUT2D eigenvalue weighted by molar-refractivity contribution is 0.413. The molecular weight excluding hydrogens is 270 g/mol. The minimum absolute atomic E-state index is 0.105. The zero-order valence-electron chi connectivity index (χ0n) is 12.0. The topological polar surface area (TPSA) is 69.6 Å². The number of nitrogen functional groups attached to an aromatic ring is 1. The number of aromatic nitrogens is 4. The van der Waals surface area contributed by atoms with Crippen LogP contribution in [0, 0.1) is 6.92 Å². The Morgan fingerprint density at radius 2 is 2.05 bits per heavy atom. The van der Waals surface area contributed by atoms with Crippen molar-refractivity contribution in [2.45, 2.75) is 33.2 Å². The molecule has 104 valence electrons. The van der Waals surface area contributed by atoms with Crippen LogP contribution in [0.4, 0.5) is 5.00 Å². The fraction of sp³-hybridized carbons (Fsp3) is 0.357. The summed E-state index contributed by atoms with van der Waals surface area (Å²) in [6, 6.07) is 1.99. The van der Waals surface area contributed by atoms with Crippen LogP contribution in [0.2, 0.25) is 0 Å². The quantitative estimate of drug-likeness (QED) is 0.746. The molecule has 0 fully saturated rings. The number of pyridine rings is 1. The van der Waals surface area contributed by atoms with Crippen LogP contribution in [-0.2, 0) is 5.54 Å². The maximum Gasteiger partial charge on any atom is 0.146 e. The number of aryl methyl sites for hydroxylation is 1. The Balaban J connectivity index is 2.42. The van der Waals surface area contributed by atoms with Crippen molar-refractivity contribution in [3.63, 3.8) is 0 Å². The van der Waals surface area contributed by atoms with Gasteiger partial charge in [-0.05, 0) is 45.3 Å². The van der Waals surface area contributed by atoms with Gasteiger partial charge in [-0.1, -0.05) is 0 Å². The van der Waals surface area contributed by atoms with Crippen LogP contribution >= 0.6 is 11.5 Å². The summed E-state index contributed by atoms with van der Waals surface area (Å²) in [5.41, 5.74) is 9.78. The standard InChI is InChI=1S/C14H17N5S/c1-8-11(12(15)20-18-8)13-17-9-7-16-6-5-10(9)19(13)14(2,3)4/h5-7H,15H2,1-4H3. The molecule has 3 aromatic heterocycles. The Bertz CT molecular complexity index is 759. The van der Waals surface area contributed by atoms with Crippen LogP contribution in [-0.4, -0.2) is 18.9 Å². The van der Waals surface area contributed by atoms with Crippen molar-refractivity contribution in [1.82, 2.24) is 18.9 Å². The molecule has 0 radical (unpaired) electrons. The van der Waals surface area contributed by atoms with Crippen LogP contribution < -0.4 is 5.73 Å². The Labute approximate surface area is 121 Å². The number of hydrogen-bond donors (Lipinski definition) is 1. The predicted molar refractivity (Wildman–Crippen MR) is 82.8 cm³/mol. The van der Waals surface area contributed by atoms with E-state index in [2.05, 4.69) is 34.7 Å². The molecule has 5 nitrogen and oxygen atoms in total. The van der Waals surface area contributed by atoms with Crippen molar-refractivity contribution in [3.05, 3.63) is 24.2 Å². The highest BCUT2D eigenvalue weighted by molar-refractivity contribution is 7.10.